The fourth-order valence-electron chi connectivity index (χ4n) is 10.7. The number of Topliss-reactive ketones (excluding diaryl/α,β-unsaturated/α-hetero) is 1. The minimum absolute atomic E-state index is 0.0182. The molecule has 3 aliphatic rings. The van der Waals surface area contributed by atoms with Crippen molar-refractivity contribution in [2.75, 3.05) is 46.9 Å². The van der Waals surface area contributed by atoms with Crippen LogP contribution in [0.4, 0.5) is 4.79 Å². The maximum absolute atomic E-state index is 13.9. The van der Waals surface area contributed by atoms with Crippen molar-refractivity contribution in [3.05, 3.63) is 48.2 Å². The Balaban J connectivity index is 1.44. The first-order valence-corrected chi connectivity index (χ1v) is 25.0. The third-order valence-corrected chi connectivity index (χ3v) is 15.3. The molecule has 16 nitrogen and oxygen atoms in total. The lowest BCUT2D eigenvalue weighted by Gasteiger charge is -2.46. The lowest BCUT2D eigenvalue weighted by Crippen LogP contribution is -2.58. The summed E-state index contributed by atoms with van der Waals surface area (Å²) in [4.78, 5) is 60.1. The second kappa shape index (κ2) is 25.0. The summed E-state index contributed by atoms with van der Waals surface area (Å²) in [6, 6.07) is 8.76. The maximum atomic E-state index is 13.9. The molecule has 0 bridgehead atoms. The van der Waals surface area contributed by atoms with Crippen molar-refractivity contribution in [3.63, 3.8) is 0 Å². The van der Waals surface area contributed by atoms with E-state index in [2.05, 4.69) is 30.6 Å². The molecule has 68 heavy (non-hydrogen) atoms. The predicted molar refractivity (Wildman–Crippen MR) is 259 cm³/mol. The summed E-state index contributed by atoms with van der Waals surface area (Å²) in [6.07, 6.45) is -4.16. The number of methoxy groups -OCH3 is 1. The van der Waals surface area contributed by atoms with Crippen molar-refractivity contribution in [2.45, 2.75) is 174 Å². The van der Waals surface area contributed by atoms with Crippen LogP contribution in [-0.4, -0.2) is 166 Å². The summed E-state index contributed by atoms with van der Waals surface area (Å²) in [5.74, 6) is -4.62. The number of nitrogens with zero attached hydrogens (tertiary/aromatic N) is 3. The van der Waals surface area contributed by atoms with Crippen LogP contribution in [-0.2, 0) is 39.9 Å². The number of ketones is 1. The van der Waals surface area contributed by atoms with Gasteiger partial charge in [0.2, 0.25) is 5.91 Å². The van der Waals surface area contributed by atoms with Crippen LogP contribution in [0.25, 0.3) is 0 Å². The number of amides is 2. The molecular weight excluding hydrogens is 873 g/mol. The monoisotopic (exact) mass is 959 g/mol. The van der Waals surface area contributed by atoms with Crippen molar-refractivity contribution in [1.82, 2.24) is 20.0 Å². The van der Waals surface area contributed by atoms with Gasteiger partial charge in [-0.15, -0.1) is 0 Å². The molecule has 0 radical (unpaired) electrons. The van der Waals surface area contributed by atoms with Gasteiger partial charge in [0.25, 0.3) is 0 Å². The van der Waals surface area contributed by atoms with Crippen LogP contribution in [0.2, 0.25) is 0 Å². The van der Waals surface area contributed by atoms with Crippen LogP contribution in [0, 0.1) is 35.5 Å². The number of aliphatic hydroxyl groups excluding tert-OH is 3. The van der Waals surface area contributed by atoms with E-state index in [4.69, 9.17) is 18.9 Å². The van der Waals surface area contributed by atoms with Gasteiger partial charge >= 0.3 is 12.1 Å². The highest BCUT2D eigenvalue weighted by Gasteiger charge is 2.51. The Morgan fingerprint density at radius 2 is 1.69 bits per heavy atom. The number of rotatable bonds is 17. The molecule has 2 amide bonds. The second-order valence-corrected chi connectivity index (χ2v) is 21.0. The number of likely N-dealkylation sites (tertiary alicyclic amines) is 2. The minimum Gasteiger partial charge on any atom is -0.459 e. The van der Waals surface area contributed by atoms with Gasteiger partial charge in [-0.1, -0.05) is 78.5 Å². The molecule has 16 heteroatoms. The number of nitrogens with one attached hydrogen (secondary N) is 1. The van der Waals surface area contributed by atoms with Crippen LogP contribution < -0.4 is 5.32 Å². The number of aliphatic hydroxyl groups is 4. The van der Waals surface area contributed by atoms with E-state index in [0.29, 0.717) is 45.6 Å². The van der Waals surface area contributed by atoms with Gasteiger partial charge < -0.3 is 54.5 Å². The Hall–Kier alpha value is -3.64. The number of cyclic esters (lactones) is 1. The highest BCUT2D eigenvalue weighted by molar-refractivity contribution is 5.84. The summed E-state index contributed by atoms with van der Waals surface area (Å²) in [5.41, 5.74) is -1.42. The molecule has 0 saturated carbocycles. The summed E-state index contributed by atoms with van der Waals surface area (Å²) in [6.45, 7) is 24.4. The molecule has 3 saturated heterocycles. The first kappa shape index (κ1) is 56.9. The summed E-state index contributed by atoms with van der Waals surface area (Å²) in [7, 11) is 3.39. The molecule has 4 rings (SSSR count). The van der Waals surface area contributed by atoms with E-state index in [1.165, 1.54) is 21.0 Å². The SMILES string of the molecule is C=C(C1CCN(C(=O)OCc2ccccc2)C1)N1CCC[C@H]1C(=O)NCCN(C)[C@@H](CC(C)C)[C@@H](O)[C@@H](C)O[C@@H]1[C@@H](C)[C@H](O)[C@@H](C)C(=O)O[C@H](CC)[C@@](C)(O)[C@H](O)[C@@H](C)C(=O)[C@H](C)C[C@@]1(C)OC. The van der Waals surface area contributed by atoms with Gasteiger partial charge in [-0.25, -0.2) is 4.79 Å². The van der Waals surface area contributed by atoms with Crippen molar-refractivity contribution in [2.24, 2.45) is 35.5 Å². The van der Waals surface area contributed by atoms with Crippen molar-refractivity contribution in [3.8, 4) is 0 Å². The van der Waals surface area contributed by atoms with Gasteiger partial charge in [0.05, 0.1) is 42.0 Å². The van der Waals surface area contributed by atoms with Gasteiger partial charge in [0.15, 0.2) is 0 Å². The van der Waals surface area contributed by atoms with Gasteiger partial charge in [0, 0.05) is 75.2 Å². The molecule has 386 valence electrons. The van der Waals surface area contributed by atoms with Crippen LogP contribution in [0.3, 0.4) is 0 Å². The molecule has 0 aliphatic carbocycles. The first-order valence-electron chi connectivity index (χ1n) is 25.0. The number of carbonyl (C=O) groups excluding carboxylic acids is 4. The van der Waals surface area contributed by atoms with E-state index in [1.54, 1.807) is 46.4 Å². The number of carbonyl (C=O) groups is 4. The third-order valence-electron chi connectivity index (χ3n) is 15.3. The number of esters is 1. The van der Waals surface area contributed by atoms with Gasteiger partial charge in [-0.3, -0.25) is 19.3 Å². The molecule has 3 aliphatic heterocycles. The zero-order valence-electron chi connectivity index (χ0n) is 43.1. The molecule has 5 N–H and O–H groups in total. The average molecular weight is 959 g/mol. The normalized spacial score (nSPS) is 33.5. The van der Waals surface area contributed by atoms with Crippen LogP contribution >= 0.6 is 0 Å². The topological polar surface area (TPSA) is 208 Å². The number of likely N-dealkylation sites (N-methyl/N-ethyl adjacent to an activating group) is 1. The van der Waals surface area contributed by atoms with E-state index in [0.717, 1.165) is 24.1 Å². The third kappa shape index (κ3) is 13.8. The standard InChI is InChI=1S/C52H86N4O12/c1-14-42-52(11,64)46(60)33(5)43(57)32(4)28-51(10,65-13)47(34(6)44(58)35(7)49(62)68-42)67-37(9)45(59)41(27-31(2)3)54(12)26-23-53-48(61)40-21-18-24-56(40)36(8)39-22-25-55(29-39)50(63)66-30-38-19-16-15-17-20-38/h15-17,19-20,31-35,37,39-42,44-47,58-60,64H,8,14,18,21-30H2,1-7,9-13H3,(H,53,61)/t32-,33+,34+,35-,37-,39?,40+,41+,42-,44+,45+,46-,47-,51-,52-/m1/s1. The zero-order valence-corrected chi connectivity index (χ0v) is 43.1. The van der Waals surface area contributed by atoms with Crippen molar-refractivity contribution < 1.29 is 58.6 Å². The molecule has 0 aromatic heterocycles. The Labute approximate surface area is 406 Å². The van der Waals surface area contributed by atoms with Crippen molar-refractivity contribution in [1.29, 1.82) is 0 Å². The quantitative estimate of drug-likeness (QED) is 0.131. The minimum atomic E-state index is -1.96. The van der Waals surface area contributed by atoms with Crippen LogP contribution in [0.1, 0.15) is 113 Å². The lowest BCUT2D eigenvalue weighted by molar-refractivity contribution is -0.211. The maximum Gasteiger partial charge on any atom is 0.410 e. The van der Waals surface area contributed by atoms with Crippen molar-refractivity contribution >= 4 is 23.8 Å². The van der Waals surface area contributed by atoms with Gasteiger partial charge in [-0.2, -0.15) is 0 Å². The molecule has 0 spiro atoms. The molecule has 3 heterocycles. The van der Waals surface area contributed by atoms with Crippen LogP contribution in [0.15, 0.2) is 42.6 Å². The average Bonchev–Trinajstić information content (AvgIpc) is 4.03. The second-order valence-electron chi connectivity index (χ2n) is 21.0. The number of hydrogen-bond acceptors (Lipinski definition) is 14. The Kier molecular flexibility index (Phi) is 20.9. The summed E-state index contributed by atoms with van der Waals surface area (Å²) in [5, 5.41) is 50.0. The zero-order chi connectivity index (χ0) is 50.8. The van der Waals surface area contributed by atoms with Gasteiger partial charge in [-0.05, 0) is 84.7 Å². The number of hydrogen-bond donors (Lipinski definition) is 5. The summed E-state index contributed by atoms with van der Waals surface area (Å²) < 4.78 is 24.3. The Morgan fingerprint density at radius 1 is 1.03 bits per heavy atom. The number of benzene rings is 1. The Bertz CT molecular complexity index is 1820. The molecule has 1 aromatic carbocycles. The fraction of sp³-hybridized carbons (Fsp3) is 0.769. The largest absolute Gasteiger partial charge is 0.459 e. The van der Waals surface area contributed by atoms with Crippen LogP contribution in [0.5, 0.6) is 0 Å². The first-order chi connectivity index (χ1) is 31.9. The molecule has 15 atom stereocenters. The van der Waals surface area contributed by atoms with E-state index < -0.39 is 83.5 Å². The summed E-state index contributed by atoms with van der Waals surface area (Å²) >= 11 is 0. The smallest absolute Gasteiger partial charge is 0.410 e. The highest BCUT2D eigenvalue weighted by atomic mass is 16.6. The molecule has 1 unspecified atom stereocenters. The van der Waals surface area contributed by atoms with Gasteiger partial charge in [0.1, 0.15) is 30.1 Å². The molecule has 3 fully saturated rings. The Morgan fingerprint density at radius 3 is 2.31 bits per heavy atom. The predicted octanol–water partition coefficient (Wildman–Crippen LogP) is 4.94. The number of ether oxygens (including phenoxy) is 4. The molecular formula is C52H86N4O12. The highest BCUT2D eigenvalue weighted by Crippen LogP contribution is 2.39. The van der Waals surface area contributed by atoms with E-state index in [9.17, 15) is 39.6 Å². The van der Waals surface area contributed by atoms with E-state index in [1.807, 2.05) is 42.3 Å². The lowest BCUT2D eigenvalue weighted by atomic mass is 9.74. The van der Waals surface area contributed by atoms with E-state index >= 15 is 0 Å². The fourth-order valence-corrected chi connectivity index (χ4v) is 10.7. The van der Waals surface area contributed by atoms with E-state index in [-0.39, 0.29) is 55.1 Å². The molecule has 1 aromatic rings.